The van der Waals surface area contributed by atoms with E-state index in [2.05, 4.69) is 4.52 Å². The SMILES string of the molecule is CC1OC(CO)C(O[PH](=O)O)C(O)C1O. The number of aliphatic hydroxyl groups excluding tert-OH is 3. The Bertz CT molecular complexity index is 233. The van der Waals surface area contributed by atoms with Crippen molar-refractivity contribution in [2.45, 2.75) is 37.4 Å². The lowest BCUT2D eigenvalue weighted by atomic mass is 9.96. The molecule has 0 radical (unpaired) electrons. The van der Waals surface area contributed by atoms with E-state index < -0.39 is 45.4 Å². The van der Waals surface area contributed by atoms with Crippen LogP contribution in [-0.2, 0) is 13.8 Å². The summed E-state index contributed by atoms with van der Waals surface area (Å²) < 4.78 is 20.1. The molecule has 1 rings (SSSR count). The van der Waals surface area contributed by atoms with Crippen LogP contribution in [0.3, 0.4) is 0 Å². The lowest BCUT2D eigenvalue weighted by Gasteiger charge is -2.40. The van der Waals surface area contributed by atoms with Gasteiger partial charge in [-0.3, -0.25) is 4.57 Å². The molecule has 6 atom stereocenters. The monoisotopic (exact) mass is 242 g/mol. The van der Waals surface area contributed by atoms with E-state index in [4.69, 9.17) is 14.7 Å². The second-order valence-electron chi connectivity index (χ2n) is 3.39. The van der Waals surface area contributed by atoms with Crippen molar-refractivity contribution in [2.24, 2.45) is 0 Å². The molecule has 1 aliphatic heterocycles. The van der Waals surface area contributed by atoms with E-state index in [1.165, 1.54) is 6.92 Å². The summed E-state index contributed by atoms with van der Waals surface area (Å²) in [6.07, 6.45) is -5.35. The van der Waals surface area contributed by atoms with E-state index in [1.807, 2.05) is 0 Å². The average Bonchev–Trinajstić information content (AvgIpc) is 2.18. The maximum atomic E-state index is 10.5. The molecule has 90 valence electrons. The zero-order chi connectivity index (χ0) is 11.6. The van der Waals surface area contributed by atoms with Crippen molar-refractivity contribution in [1.82, 2.24) is 0 Å². The van der Waals surface area contributed by atoms with Crippen molar-refractivity contribution >= 4 is 8.25 Å². The first-order valence-electron chi connectivity index (χ1n) is 4.49. The summed E-state index contributed by atoms with van der Waals surface area (Å²) in [5, 5.41) is 27.9. The predicted molar refractivity (Wildman–Crippen MR) is 49.5 cm³/mol. The molecule has 0 aromatic rings. The summed E-state index contributed by atoms with van der Waals surface area (Å²) >= 11 is 0. The number of hydrogen-bond donors (Lipinski definition) is 4. The molecule has 1 saturated heterocycles. The molecule has 0 amide bonds. The fourth-order valence-electron chi connectivity index (χ4n) is 1.53. The molecule has 7 nitrogen and oxygen atoms in total. The fourth-order valence-corrected chi connectivity index (χ4v) is 2.06. The van der Waals surface area contributed by atoms with Gasteiger partial charge in [0.1, 0.15) is 24.4 Å². The molecule has 0 saturated carbocycles. The quantitative estimate of drug-likeness (QED) is 0.434. The van der Waals surface area contributed by atoms with Crippen LogP contribution < -0.4 is 0 Å². The minimum Gasteiger partial charge on any atom is -0.394 e. The summed E-state index contributed by atoms with van der Waals surface area (Å²) in [5.41, 5.74) is 0. The van der Waals surface area contributed by atoms with Crippen LogP contribution >= 0.6 is 8.25 Å². The number of hydrogen-bond acceptors (Lipinski definition) is 6. The first kappa shape index (κ1) is 13.1. The number of rotatable bonds is 3. The van der Waals surface area contributed by atoms with Crippen LogP contribution in [0.1, 0.15) is 6.92 Å². The molecule has 1 aliphatic rings. The molecule has 1 fully saturated rings. The van der Waals surface area contributed by atoms with E-state index in [9.17, 15) is 14.8 Å². The first-order chi connectivity index (χ1) is 6.97. The van der Waals surface area contributed by atoms with Gasteiger partial charge in [0.05, 0.1) is 12.7 Å². The second kappa shape index (κ2) is 5.36. The molecule has 15 heavy (non-hydrogen) atoms. The summed E-state index contributed by atoms with van der Waals surface area (Å²) in [7, 11) is -3.26. The van der Waals surface area contributed by atoms with Crippen LogP contribution in [0.4, 0.5) is 0 Å². The van der Waals surface area contributed by atoms with Gasteiger partial charge < -0.3 is 29.5 Å². The van der Waals surface area contributed by atoms with Gasteiger partial charge in [0.15, 0.2) is 0 Å². The van der Waals surface area contributed by atoms with Crippen molar-refractivity contribution in [2.75, 3.05) is 6.61 Å². The lowest BCUT2D eigenvalue weighted by Crippen LogP contribution is -2.58. The topological polar surface area (TPSA) is 116 Å². The van der Waals surface area contributed by atoms with Gasteiger partial charge in [-0.2, -0.15) is 0 Å². The number of aliphatic hydroxyl groups is 3. The normalized spacial score (nSPS) is 43.9. The maximum Gasteiger partial charge on any atom is 0.317 e. The molecular formula is C7H15O7P. The Balaban J connectivity index is 2.75. The summed E-state index contributed by atoms with van der Waals surface area (Å²) in [5.74, 6) is 0. The van der Waals surface area contributed by atoms with Gasteiger partial charge in [-0.1, -0.05) is 0 Å². The third-order valence-corrected chi connectivity index (χ3v) is 2.81. The van der Waals surface area contributed by atoms with Crippen molar-refractivity contribution < 1.29 is 34.0 Å². The highest BCUT2D eigenvalue weighted by Gasteiger charge is 2.43. The Kier molecular flexibility index (Phi) is 4.66. The van der Waals surface area contributed by atoms with Gasteiger partial charge in [0.2, 0.25) is 0 Å². The van der Waals surface area contributed by atoms with E-state index in [1.54, 1.807) is 0 Å². The summed E-state index contributed by atoms with van der Waals surface area (Å²) in [6.45, 7) is 1.06. The van der Waals surface area contributed by atoms with Crippen LogP contribution in [-0.4, -0.2) is 57.3 Å². The summed E-state index contributed by atoms with van der Waals surface area (Å²) in [4.78, 5) is 8.58. The molecule has 0 aromatic heterocycles. The highest BCUT2D eigenvalue weighted by molar-refractivity contribution is 7.32. The molecule has 0 bridgehead atoms. The van der Waals surface area contributed by atoms with Crippen molar-refractivity contribution in [1.29, 1.82) is 0 Å². The number of ether oxygens (including phenoxy) is 1. The van der Waals surface area contributed by atoms with Crippen LogP contribution in [0.25, 0.3) is 0 Å². The van der Waals surface area contributed by atoms with Crippen molar-refractivity contribution in [3.05, 3.63) is 0 Å². The van der Waals surface area contributed by atoms with Gasteiger partial charge in [-0.25, -0.2) is 0 Å². The largest absolute Gasteiger partial charge is 0.394 e. The first-order valence-corrected chi connectivity index (χ1v) is 5.75. The van der Waals surface area contributed by atoms with Crippen LogP contribution in [0.2, 0.25) is 0 Å². The van der Waals surface area contributed by atoms with Crippen LogP contribution in [0, 0.1) is 0 Å². The maximum absolute atomic E-state index is 10.5. The molecule has 4 N–H and O–H groups in total. The molecule has 0 spiro atoms. The van der Waals surface area contributed by atoms with Crippen molar-refractivity contribution in [3.8, 4) is 0 Å². The van der Waals surface area contributed by atoms with Crippen LogP contribution in [0.5, 0.6) is 0 Å². The minimum atomic E-state index is -3.26. The van der Waals surface area contributed by atoms with Crippen LogP contribution in [0.15, 0.2) is 0 Å². The molecule has 0 aliphatic carbocycles. The molecule has 8 heteroatoms. The Morgan fingerprint density at radius 1 is 1.40 bits per heavy atom. The van der Waals surface area contributed by atoms with Gasteiger partial charge in [-0.05, 0) is 6.92 Å². The van der Waals surface area contributed by atoms with E-state index in [0.29, 0.717) is 0 Å². The molecule has 6 unspecified atom stereocenters. The summed E-state index contributed by atoms with van der Waals surface area (Å²) in [6, 6.07) is 0. The highest BCUT2D eigenvalue weighted by Crippen LogP contribution is 2.29. The fraction of sp³-hybridized carbons (Fsp3) is 1.00. The minimum absolute atomic E-state index is 0.464. The van der Waals surface area contributed by atoms with Gasteiger partial charge in [0, 0.05) is 0 Å². The van der Waals surface area contributed by atoms with E-state index >= 15 is 0 Å². The third-order valence-electron chi connectivity index (χ3n) is 2.34. The molecular weight excluding hydrogens is 227 g/mol. The van der Waals surface area contributed by atoms with E-state index in [0.717, 1.165) is 0 Å². The average molecular weight is 242 g/mol. The molecule has 0 aromatic carbocycles. The Hall–Kier alpha value is -0.0100. The molecule has 1 heterocycles. The van der Waals surface area contributed by atoms with Gasteiger partial charge in [-0.15, -0.1) is 0 Å². The lowest BCUT2D eigenvalue weighted by molar-refractivity contribution is -0.217. The second-order valence-corrected chi connectivity index (χ2v) is 4.16. The Morgan fingerprint density at radius 2 is 2.00 bits per heavy atom. The van der Waals surface area contributed by atoms with Crippen molar-refractivity contribution in [3.63, 3.8) is 0 Å². The zero-order valence-electron chi connectivity index (χ0n) is 8.11. The van der Waals surface area contributed by atoms with Gasteiger partial charge >= 0.3 is 8.25 Å². The van der Waals surface area contributed by atoms with E-state index in [-0.39, 0.29) is 0 Å². The predicted octanol–water partition coefficient (Wildman–Crippen LogP) is -1.75. The smallest absolute Gasteiger partial charge is 0.317 e. The Morgan fingerprint density at radius 3 is 2.47 bits per heavy atom. The highest BCUT2D eigenvalue weighted by atomic mass is 31.1. The van der Waals surface area contributed by atoms with Gasteiger partial charge in [0.25, 0.3) is 0 Å². The third kappa shape index (κ3) is 2.98. The zero-order valence-corrected chi connectivity index (χ0v) is 9.11. The Labute approximate surface area is 87.2 Å². The standard InChI is InChI=1S/C7H15O7P/c1-3-5(9)6(10)7(14-15(11)12)4(2-8)13-3/h3-10,15H,2H2,1H3,(H,11,12).